The van der Waals surface area contributed by atoms with Crippen LogP contribution in [0.4, 0.5) is 0 Å². The molecule has 0 aliphatic carbocycles. The van der Waals surface area contributed by atoms with E-state index in [4.69, 9.17) is 20.4 Å². The van der Waals surface area contributed by atoms with Crippen LogP contribution < -0.4 is 0 Å². The van der Waals surface area contributed by atoms with E-state index in [-0.39, 0.29) is 25.9 Å². The first-order valence-electron chi connectivity index (χ1n) is 12.1. The number of carboxylic acid groups (broad SMARTS) is 1. The van der Waals surface area contributed by atoms with Gasteiger partial charge in [0.05, 0.1) is 25.9 Å². The predicted octanol–water partition coefficient (Wildman–Crippen LogP) is 3.34. The highest BCUT2D eigenvalue weighted by molar-refractivity contribution is 5.66. The van der Waals surface area contributed by atoms with Gasteiger partial charge in [-0.15, -0.1) is 0 Å². The van der Waals surface area contributed by atoms with Gasteiger partial charge in [-0.05, 0) is 32.1 Å². The summed E-state index contributed by atoms with van der Waals surface area (Å²) in [7, 11) is 0. The number of nitrogens with zero attached hydrogens (tertiary/aromatic N) is 1. The lowest BCUT2D eigenvalue weighted by Gasteiger charge is -2.17. The number of rotatable bonds is 21. The van der Waals surface area contributed by atoms with Crippen LogP contribution in [0.1, 0.15) is 90.4 Å². The summed E-state index contributed by atoms with van der Waals surface area (Å²) in [5.74, 6) is -0.689. The molecule has 0 aromatic carbocycles. The van der Waals surface area contributed by atoms with E-state index in [0.29, 0.717) is 26.1 Å². The van der Waals surface area contributed by atoms with Crippen molar-refractivity contribution in [1.82, 2.24) is 4.90 Å². The quantitative estimate of drug-likeness (QED) is 0.135. The molecule has 0 aliphatic rings. The summed E-state index contributed by atoms with van der Waals surface area (Å²) >= 11 is 0. The van der Waals surface area contributed by atoms with Crippen LogP contribution in [0.15, 0.2) is 12.2 Å². The van der Waals surface area contributed by atoms with Crippen molar-refractivity contribution in [3.05, 3.63) is 12.2 Å². The fourth-order valence-electron chi connectivity index (χ4n) is 3.12. The Bertz CT molecular complexity index is 378. The molecule has 7 nitrogen and oxygen atoms in total. The van der Waals surface area contributed by atoms with Crippen LogP contribution in [0.3, 0.4) is 0 Å². The number of unbranched alkanes of at least 4 members (excludes halogenated alkanes) is 8. The van der Waals surface area contributed by atoms with Crippen molar-refractivity contribution >= 4 is 5.97 Å². The minimum absolute atomic E-state index is 0.0694. The van der Waals surface area contributed by atoms with Crippen molar-refractivity contribution in [2.45, 2.75) is 96.5 Å². The van der Waals surface area contributed by atoms with Crippen molar-refractivity contribution in [2.24, 2.45) is 0 Å². The standard InChI is InChI=1S/C18H34O3.C6H15NO3/c1-2-3-4-11-14-17(19)15-12-9-7-5-6-8-10-13-16-18(20)21;8-4-1-7(2-5-9)3-6-10/h9,12,17,19H,2-8,10-11,13-16H2,1H3,(H,20,21);8-10H,1-6H2/b12-9-;/t17-;/m1./s1. The molecule has 0 saturated carbocycles. The monoisotopic (exact) mass is 447 g/mol. The number of allylic oxidation sites excluding steroid dienone is 1. The average Bonchev–Trinajstić information content (AvgIpc) is 2.73. The SMILES string of the molecule is CCCCCC[C@@H](O)C/C=C\CCCCCCCC(=O)O.OCCN(CCO)CCO. The lowest BCUT2D eigenvalue weighted by molar-refractivity contribution is -0.137. The van der Waals surface area contributed by atoms with E-state index in [1.165, 1.54) is 25.7 Å². The van der Waals surface area contributed by atoms with Crippen LogP contribution >= 0.6 is 0 Å². The zero-order valence-electron chi connectivity index (χ0n) is 19.8. The Morgan fingerprint density at radius 3 is 1.90 bits per heavy atom. The smallest absolute Gasteiger partial charge is 0.303 e. The molecule has 0 fully saturated rings. The molecular formula is C24H49NO6. The van der Waals surface area contributed by atoms with Gasteiger partial charge in [0, 0.05) is 26.1 Å². The van der Waals surface area contributed by atoms with E-state index >= 15 is 0 Å². The summed E-state index contributed by atoms with van der Waals surface area (Å²) in [4.78, 5) is 12.1. The zero-order chi connectivity index (χ0) is 23.6. The van der Waals surface area contributed by atoms with Crippen molar-refractivity contribution in [1.29, 1.82) is 0 Å². The number of aliphatic carboxylic acids is 1. The predicted molar refractivity (Wildman–Crippen MR) is 126 cm³/mol. The molecule has 5 N–H and O–H groups in total. The molecule has 1 atom stereocenters. The Kier molecular flexibility index (Phi) is 28.1. The van der Waals surface area contributed by atoms with Crippen LogP contribution in [0.25, 0.3) is 0 Å². The van der Waals surface area contributed by atoms with Crippen LogP contribution in [0.2, 0.25) is 0 Å². The highest BCUT2D eigenvalue weighted by Gasteiger charge is 2.01. The Labute approximate surface area is 189 Å². The van der Waals surface area contributed by atoms with E-state index in [9.17, 15) is 9.90 Å². The number of aliphatic hydroxyl groups is 4. The third-order valence-electron chi connectivity index (χ3n) is 4.98. The molecule has 0 bridgehead atoms. The van der Waals surface area contributed by atoms with Crippen molar-refractivity contribution in [3.63, 3.8) is 0 Å². The number of hydrogen-bond acceptors (Lipinski definition) is 6. The average molecular weight is 448 g/mol. The van der Waals surface area contributed by atoms with E-state index in [0.717, 1.165) is 51.4 Å². The molecule has 0 heterocycles. The normalized spacial score (nSPS) is 12.2. The molecule has 0 aliphatic heterocycles. The van der Waals surface area contributed by atoms with Gasteiger partial charge >= 0.3 is 5.97 Å². The maximum atomic E-state index is 10.3. The van der Waals surface area contributed by atoms with E-state index in [2.05, 4.69) is 19.1 Å². The second-order valence-corrected chi connectivity index (χ2v) is 7.92. The second kappa shape index (κ2) is 27.0. The summed E-state index contributed by atoms with van der Waals surface area (Å²) in [6, 6.07) is 0. The third kappa shape index (κ3) is 29.0. The van der Waals surface area contributed by atoms with Crippen LogP contribution in [0, 0.1) is 0 Å². The molecule has 0 aromatic heterocycles. The van der Waals surface area contributed by atoms with Gasteiger partial charge in [0.25, 0.3) is 0 Å². The van der Waals surface area contributed by atoms with Gasteiger partial charge in [-0.25, -0.2) is 0 Å². The molecule has 0 spiro atoms. The number of aliphatic hydroxyl groups excluding tert-OH is 4. The summed E-state index contributed by atoms with van der Waals surface area (Å²) < 4.78 is 0. The van der Waals surface area contributed by atoms with Crippen LogP contribution in [0.5, 0.6) is 0 Å². The summed E-state index contributed by atoms with van der Waals surface area (Å²) in [6.45, 7) is 3.95. The zero-order valence-corrected chi connectivity index (χ0v) is 19.8. The van der Waals surface area contributed by atoms with Gasteiger partial charge in [0.1, 0.15) is 0 Å². The maximum Gasteiger partial charge on any atom is 0.303 e. The lowest BCUT2D eigenvalue weighted by Crippen LogP contribution is -2.32. The lowest BCUT2D eigenvalue weighted by atomic mass is 10.1. The van der Waals surface area contributed by atoms with Crippen LogP contribution in [-0.4, -0.2) is 82.0 Å². The van der Waals surface area contributed by atoms with Gasteiger partial charge < -0.3 is 25.5 Å². The summed E-state index contributed by atoms with van der Waals surface area (Å²) in [6.07, 6.45) is 17.4. The van der Waals surface area contributed by atoms with Gasteiger partial charge in [-0.3, -0.25) is 9.69 Å². The van der Waals surface area contributed by atoms with E-state index in [1.54, 1.807) is 4.90 Å². The van der Waals surface area contributed by atoms with Crippen LogP contribution in [-0.2, 0) is 4.79 Å². The largest absolute Gasteiger partial charge is 0.481 e. The first-order valence-corrected chi connectivity index (χ1v) is 12.1. The molecule has 7 heteroatoms. The summed E-state index contributed by atoms with van der Waals surface area (Å²) in [5.41, 5.74) is 0. The molecule has 0 rings (SSSR count). The number of carbonyl (C=O) groups is 1. The molecule has 0 radical (unpaired) electrons. The number of hydrogen-bond donors (Lipinski definition) is 5. The van der Waals surface area contributed by atoms with Crippen molar-refractivity contribution in [2.75, 3.05) is 39.5 Å². The first kappa shape index (κ1) is 32.2. The number of carboxylic acids is 1. The highest BCUT2D eigenvalue weighted by atomic mass is 16.4. The molecular weight excluding hydrogens is 398 g/mol. The molecule has 0 aromatic rings. The van der Waals surface area contributed by atoms with Crippen molar-refractivity contribution < 1.29 is 30.3 Å². The molecule has 31 heavy (non-hydrogen) atoms. The summed E-state index contributed by atoms with van der Waals surface area (Å²) in [5, 5.41) is 43.8. The molecule has 186 valence electrons. The molecule has 0 unspecified atom stereocenters. The Morgan fingerprint density at radius 2 is 1.35 bits per heavy atom. The first-order chi connectivity index (χ1) is 15.0. The van der Waals surface area contributed by atoms with Crippen molar-refractivity contribution in [3.8, 4) is 0 Å². The fraction of sp³-hybridized carbons (Fsp3) is 0.875. The maximum absolute atomic E-state index is 10.3. The molecule has 0 amide bonds. The fourth-order valence-corrected chi connectivity index (χ4v) is 3.12. The Hall–Kier alpha value is -0.990. The van der Waals surface area contributed by atoms with Gasteiger partial charge in [-0.1, -0.05) is 64.0 Å². The topological polar surface area (TPSA) is 121 Å². The Morgan fingerprint density at radius 1 is 0.806 bits per heavy atom. The van der Waals surface area contributed by atoms with E-state index < -0.39 is 5.97 Å². The Balaban J connectivity index is 0. The van der Waals surface area contributed by atoms with E-state index in [1.807, 2.05) is 0 Å². The van der Waals surface area contributed by atoms with Gasteiger partial charge in [-0.2, -0.15) is 0 Å². The second-order valence-electron chi connectivity index (χ2n) is 7.92. The minimum atomic E-state index is -0.689. The van der Waals surface area contributed by atoms with Gasteiger partial charge in [0.15, 0.2) is 0 Å². The highest BCUT2D eigenvalue weighted by Crippen LogP contribution is 2.10. The third-order valence-corrected chi connectivity index (χ3v) is 4.98. The van der Waals surface area contributed by atoms with Gasteiger partial charge in [0.2, 0.25) is 0 Å². The minimum Gasteiger partial charge on any atom is -0.481 e. The molecule has 0 saturated heterocycles.